The molecule has 2 fully saturated rings. The highest BCUT2D eigenvalue weighted by Gasteiger charge is 2.34. The number of aliphatic hydroxyl groups is 1. The molecule has 1 aromatic carbocycles. The number of aromatic nitrogens is 4. The predicted octanol–water partition coefficient (Wildman–Crippen LogP) is 3.50. The zero-order valence-corrected chi connectivity index (χ0v) is 24.8. The van der Waals surface area contributed by atoms with Gasteiger partial charge in [-0.05, 0) is 61.7 Å². The van der Waals surface area contributed by atoms with Crippen molar-refractivity contribution in [1.82, 2.24) is 29.4 Å². The van der Waals surface area contributed by atoms with E-state index in [1.807, 2.05) is 24.1 Å². The maximum atomic E-state index is 14.0. The fraction of sp³-hybridized carbons (Fsp3) is 0.375. The number of nitrogens with zero attached hydrogens (tertiary/aromatic N) is 7. The second-order valence-corrected chi connectivity index (χ2v) is 11.4. The lowest BCUT2D eigenvalue weighted by Crippen LogP contribution is -2.44. The van der Waals surface area contributed by atoms with E-state index < -0.39 is 17.6 Å². The molecule has 1 atom stereocenters. The Balaban J connectivity index is 1.18. The second kappa shape index (κ2) is 12.8. The normalized spacial score (nSPS) is 17.8. The molecule has 4 aromatic rings. The van der Waals surface area contributed by atoms with E-state index in [-0.39, 0.29) is 36.0 Å². The van der Waals surface area contributed by atoms with Crippen LogP contribution < -0.4 is 10.2 Å². The molecule has 13 heteroatoms. The van der Waals surface area contributed by atoms with Crippen LogP contribution in [0.15, 0.2) is 55.0 Å². The van der Waals surface area contributed by atoms with Gasteiger partial charge in [0.15, 0.2) is 5.65 Å². The van der Waals surface area contributed by atoms with Gasteiger partial charge in [-0.2, -0.15) is 13.2 Å². The van der Waals surface area contributed by atoms with Crippen LogP contribution in [0.1, 0.15) is 45.6 Å². The van der Waals surface area contributed by atoms with Crippen molar-refractivity contribution >= 4 is 23.1 Å². The minimum absolute atomic E-state index is 0.0213. The summed E-state index contributed by atoms with van der Waals surface area (Å²) in [5, 5.41) is 17.0. The maximum Gasteiger partial charge on any atom is 0.416 e. The Hall–Kier alpha value is -4.51. The number of likely N-dealkylation sites (N-methyl/N-ethyl adjacent to an activating group) is 1. The monoisotopic (exact) mass is 618 g/mol. The predicted molar refractivity (Wildman–Crippen MR) is 163 cm³/mol. The summed E-state index contributed by atoms with van der Waals surface area (Å²) in [6.45, 7) is 4.03. The topological polar surface area (TPSA) is 102 Å². The highest BCUT2D eigenvalue weighted by molar-refractivity contribution is 6.04. The third kappa shape index (κ3) is 6.93. The molecule has 2 aliphatic rings. The molecule has 2 aliphatic heterocycles. The number of anilines is 2. The SMILES string of the molecule is CN1CCN(Cc2ccc(NC(=O)c3cncc(C#Cc4cnc5ccc(N6CCCC6CO)nn45)c3)cc2C(F)(F)F)CC1. The van der Waals surface area contributed by atoms with Crippen molar-refractivity contribution in [2.24, 2.45) is 0 Å². The summed E-state index contributed by atoms with van der Waals surface area (Å²) in [7, 11) is 1.99. The molecular formula is C32H33F3N8O2. The van der Waals surface area contributed by atoms with Crippen LogP contribution in [0.5, 0.6) is 0 Å². The number of hydrogen-bond acceptors (Lipinski definition) is 8. The molecule has 0 aliphatic carbocycles. The largest absolute Gasteiger partial charge is 0.416 e. The van der Waals surface area contributed by atoms with Gasteiger partial charge in [-0.3, -0.25) is 14.7 Å². The number of rotatable bonds is 6. The standard InChI is InChI=1S/C32H33F3N8O2/c1-40-11-13-41(14-12-40)20-23-5-6-25(16-28(23)32(33,34)35)38-31(45)24-15-22(17-36-18-24)4-7-26-19-37-29-8-9-30(39-43(26)29)42-10-2-3-27(42)21-44/h5-6,8-9,15-19,27,44H,2-3,10-14,20-21H2,1H3,(H,38,45). The Morgan fingerprint density at radius 2 is 1.87 bits per heavy atom. The smallest absolute Gasteiger partial charge is 0.394 e. The number of alkyl halides is 3. The summed E-state index contributed by atoms with van der Waals surface area (Å²) in [6, 6.07) is 9.17. The zero-order chi connectivity index (χ0) is 31.6. The minimum Gasteiger partial charge on any atom is -0.394 e. The molecule has 6 rings (SSSR count). The van der Waals surface area contributed by atoms with Gasteiger partial charge in [0.05, 0.1) is 30.0 Å². The quantitative estimate of drug-likeness (QED) is 0.317. The fourth-order valence-corrected chi connectivity index (χ4v) is 5.70. The van der Waals surface area contributed by atoms with Crippen molar-refractivity contribution in [3.63, 3.8) is 0 Å². The number of pyridine rings is 1. The number of carbonyl (C=O) groups is 1. The molecular weight excluding hydrogens is 585 g/mol. The van der Waals surface area contributed by atoms with Gasteiger partial charge in [0, 0.05) is 62.9 Å². The van der Waals surface area contributed by atoms with E-state index in [2.05, 4.69) is 42.0 Å². The number of nitrogens with one attached hydrogen (secondary N) is 1. The van der Waals surface area contributed by atoms with Crippen molar-refractivity contribution in [2.45, 2.75) is 31.6 Å². The van der Waals surface area contributed by atoms with E-state index in [0.29, 0.717) is 30.0 Å². The molecule has 1 amide bonds. The van der Waals surface area contributed by atoms with Crippen LogP contribution in [-0.4, -0.2) is 92.8 Å². The number of fused-ring (bicyclic) bond motifs is 1. The first-order chi connectivity index (χ1) is 21.7. The molecule has 1 unspecified atom stereocenters. The lowest BCUT2D eigenvalue weighted by Gasteiger charge is -2.33. The highest BCUT2D eigenvalue weighted by Crippen LogP contribution is 2.35. The number of carbonyl (C=O) groups excluding carboxylic acids is 1. The van der Waals surface area contributed by atoms with Gasteiger partial charge in [-0.25, -0.2) is 9.50 Å². The van der Waals surface area contributed by atoms with Gasteiger partial charge in [0.2, 0.25) is 0 Å². The molecule has 0 saturated carbocycles. The number of amides is 1. The second-order valence-electron chi connectivity index (χ2n) is 11.4. The molecule has 5 heterocycles. The first-order valence-corrected chi connectivity index (χ1v) is 14.8. The molecule has 0 radical (unpaired) electrons. The van der Waals surface area contributed by atoms with E-state index >= 15 is 0 Å². The van der Waals surface area contributed by atoms with Crippen molar-refractivity contribution in [3.05, 3.63) is 82.9 Å². The van der Waals surface area contributed by atoms with E-state index in [1.54, 1.807) is 10.7 Å². The number of piperazine rings is 1. The molecule has 2 N–H and O–H groups in total. The fourth-order valence-electron chi connectivity index (χ4n) is 5.70. The van der Waals surface area contributed by atoms with E-state index in [1.165, 1.54) is 30.6 Å². The van der Waals surface area contributed by atoms with E-state index in [9.17, 15) is 23.1 Å². The Bertz CT molecular complexity index is 1750. The number of benzene rings is 1. The number of hydrogen-bond donors (Lipinski definition) is 2. The molecule has 3 aromatic heterocycles. The van der Waals surface area contributed by atoms with Gasteiger partial charge in [-0.15, -0.1) is 5.10 Å². The minimum atomic E-state index is -4.57. The van der Waals surface area contributed by atoms with Gasteiger partial charge in [-0.1, -0.05) is 12.0 Å². The van der Waals surface area contributed by atoms with Crippen LogP contribution in [0, 0.1) is 11.8 Å². The Kier molecular flexibility index (Phi) is 8.71. The molecule has 0 spiro atoms. The van der Waals surface area contributed by atoms with E-state index in [4.69, 9.17) is 0 Å². The maximum absolute atomic E-state index is 14.0. The third-order valence-corrected chi connectivity index (χ3v) is 8.23. The average Bonchev–Trinajstić information content (AvgIpc) is 3.68. The first-order valence-electron chi connectivity index (χ1n) is 14.8. The van der Waals surface area contributed by atoms with Gasteiger partial charge >= 0.3 is 6.18 Å². The van der Waals surface area contributed by atoms with Gasteiger partial charge in [0.25, 0.3) is 5.91 Å². The van der Waals surface area contributed by atoms with Gasteiger partial charge in [0.1, 0.15) is 11.5 Å². The summed E-state index contributed by atoms with van der Waals surface area (Å²) in [4.78, 5) is 27.7. The Morgan fingerprint density at radius 3 is 2.64 bits per heavy atom. The lowest BCUT2D eigenvalue weighted by molar-refractivity contribution is -0.138. The van der Waals surface area contributed by atoms with E-state index in [0.717, 1.165) is 44.4 Å². The van der Waals surface area contributed by atoms with Crippen molar-refractivity contribution in [2.75, 3.05) is 56.6 Å². The van der Waals surface area contributed by atoms with Crippen molar-refractivity contribution in [1.29, 1.82) is 0 Å². The van der Waals surface area contributed by atoms with Crippen molar-refractivity contribution < 1.29 is 23.1 Å². The summed E-state index contributed by atoms with van der Waals surface area (Å²) < 4.78 is 43.6. The molecule has 2 saturated heterocycles. The molecule has 10 nitrogen and oxygen atoms in total. The van der Waals surface area contributed by atoms with Crippen LogP contribution in [0.25, 0.3) is 5.65 Å². The number of halogens is 3. The number of aliphatic hydroxyl groups excluding tert-OH is 1. The molecule has 0 bridgehead atoms. The molecule has 234 valence electrons. The molecule has 45 heavy (non-hydrogen) atoms. The van der Waals surface area contributed by atoms with Crippen LogP contribution in [0.4, 0.5) is 24.7 Å². The Labute approximate surface area is 258 Å². The van der Waals surface area contributed by atoms with Crippen molar-refractivity contribution in [3.8, 4) is 11.8 Å². The lowest BCUT2D eigenvalue weighted by atomic mass is 10.0. The summed E-state index contributed by atoms with van der Waals surface area (Å²) in [5.74, 6) is 6.13. The van der Waals surface area contributed by atoms with Crippen LogP contribution in [0.3, 0.4) is 0 Å². The average molecular weight is 619 g/mol. The summed E-state index contributed by atoms with van der Waals surface area (Å²) in [5.41, 5.74) is 1.18. The van der Waals surface area contributed by atoms with Crippen LogP contribution in [0.2, 0.25) is 0 Å². The number of imidazole rings is 1. The summed E-state index contributed by atoms with van der Waals surface area (Å²) >= 11 is 0. The highest BCUT2D eigenvalue weighted by atomic mass is 19.4. The first kappa shape index (κ1) is 30.5. The summed E-state index contributed by atoms with van der Waals surface area (Å²) in [6.07, 6.45) is 1.74. The van der Waals surface area contributed by atoms with Crippen LogP contribution in [-0.2, 0) is 12.7 Å². The Morgan fingerprint density at radius 1 is 1.04 bits per heavy atom. The van der Waals surface area contributed by atoms with Crippen LogP contribution >= 0.6 is 0 Å². The zero-order valence-electron chi connectivity index (χ0n) is 24.8. The third-order valence-electron chi connectivity index (χ3n) is 8.23. The van der Waals surface area contributed by atoms with Gasteiger partial charge < -0.3 is 20.2 Å².